The van der Waals surface area contributed by atoms with E-state index >= 15 is 0 Å². The number of carboxylic acid groups (broad SMARTS) is 1. The number of ether oxygens (including phenoxy) is 1. The van der Waals surface area contributed by atoms with Crippen molar-refractivity contribution in [1.29, 1.82) is 0 Å². The van der Waals surface area contributed by atoms with Gasteiger partial charge in [0, 0.05) is 6.42 Å². The van der Waals surface area contributed by atoms with Crippen LogP contribution in [-0.2, 0) is 9.53 Å². The van der Waals surface area contributed by atoms with Gasteiger partial charge in [-0.05, 0) is 43.9 Å². The van der Waals surface area contributed by atoms with Crippen LogP contribution in [0.25, 0.3) is 0 Å². The molecule has 5 heteroatoms. The van der Waals surface area contributed by atoms with Crippen LogP contribution in [0.3, 0.4) is 0 Å². The molecule has 1 saturated heterocycles. The fourth-order valence-electron chi connectivity index (χ4n) is 4.32. The Labute approximate surface area is 157 Å². The van der Waals surface area contributed by atoms with Crippen LogP contribution in [0.5, 0.6) is 0 Å². The fourth-order valence-corrected chi connectivity index (χ4v) is 4.32. The van der Waals surface area contributed by atoms with E-state index in [1.807, 2.05) is 0 Å². The van der Waals surface area contributed by atoms with Gasteiger partial charge >= 0.3 is 5.97 Å². The number of rotatable bonds is 13. The Bertz CT molecular complexity index is 473. The summed E-state index contributed by atoms with van der Waals surface area (Å²) in [6.45, 7) is 6.50. The highest BCUT2D eigenvalue weighted by atomic mass is 16.6. The van der Waals surface area contributed by atoms with Crippen molar-refractivity contribution in [3.8, 4) is 0 Å². The number of carboxylic acids is 1. The number of carbonyl (C=O) groups is 1. The maximum absolute atomic E-state index is 10.7. The predicted molar refractivity (Wildman–Crippen MR) is 101 cm³/mol. The minimum atomic E-state index is -2.65. The van der Waals surface area contributed by atoms with E-state index in [2.05, 4.69) is 13.5 Å². The summed E-state index contributed by atoms with van der Waals surface area (Å²) in [5.74, 6) is -3.04. The minimum Gasteiger partial charge on any atom is -0.477 e. The molecule has 2 fully saturated rings. The van der Waals surface area contributed by atoms with Crippen molar-refractivity contribution < 1.29 is 24.9 Å². The van der Waals surface area contributed by atoms with Crippen molar-refractivity contribution in [3.63, 3.8) is 0 Å². The molecule has 150 valence electrons. The highest BCUT2D eigenvalue weighted by Gasteiger charge is 2.45. The molecule has 5 nitrogen and oxygen atoms in total. The minimum absolute atomic E-state index is 0.0453. The van der Waals surface area contributed by atoms with Crippen LogP contribution in [0.1, 0.15) is 84.0 Å². The lowest BCUT2D eigenvalue weighted by atomic mass is 9.85. The number of hydrogen-bond acceptors (Lipinski definition) is 4. The van der Waals surface area contributed by atoms with E-state index in [1.165, 1.54) is 56.9 Å². The molecule has 1 aliphatic heterocycles. The van der Waals surface area contributed by atoms with Gasteiger partial charge in [0.05, 0.1) is 12.2 Å². The van der Waals surface area contributed by atoms with E-state index in [1.54, 1.807) is 0 Å². The lowest BCUT2D eigenvalue weighted by molar-refractivity contribution is -0.205. The third-order valence-corrected chi connectivity index (χ3v) is 6.15. The Morgan fingerprint density at radius 2 is 1.85 bits per heavy atom. The van der Waals surface area contributed by atoms with Gasteiger partial charge in [-0.2, -0.15) is 0 Å². The van der Waals surface area contributed by atoms with Crippen LogP contribution in [-0.4, -0.2) is 39.3 Å². The van der Waals surface area contributed by atoms with Gasteiger partial charge in [0.1, 0.15) is 0 Å². The molecule has 1 aliphatic carbocycles. The summed E-state index contributed by atoms with van der Waals surface area (Å²) in [5.41, 5.74) is 1.33. The van der Waals surface area contributed by atoms with Gasteiger partial charge in [-0.3, -0.25) is 0 Å². The molecule has 0 bridgehead atoms. The zero-order chi connectivity index (χ0) is 19.2. The van der Waals surface area contributed by atoms with E-state index in [0.29, 0.717) is 18.3 Å². The highest BCUT2D eigenvalue weighted by Crippen LogP contribution is 2.45. The Kier molecular flexibility index (Phi) is 8.11. The highest BCUT2D eigenvalue weighted by molar-refractivity contribution is 5.74. The maximum atomic E-state index is 10.7. The molecule has 1 unspecified atom stereocenters. The van der Waals surface area contributed by atoms with E-state index in [4.69, 9.17) is 9.84 Å². The first kappa shape index (κ1) is 21.4. The van der Waals surface area contributed by atoms with Crippen LogP contribution in [0.2, 0.25) is 0 Å². The van der Waals surface area contributed by atoms with Gasteiger partial charge in [0.15, 0.2) is 0 Å². The average molecular weight is 369 g/mol. The summed E-state index contributed by atoms with van der Waals surface area (Å²) in [7, 11) is 0. The number of epoxide rings is 1. The van der Waals surface area contributed by atoms with E-state index in [9.17, 15) is 15.0 Å². The summed E-state index contributed by atoms with van der Waals surface area (Å²) in [6, 6.07) is 0. The van der Waals surface area contributed by atoms with Gasteiger partial charge in [0.2, 0.25) is 0 Å². The first-order chi connectivity index (χ1) is 12.3. The zero-order valence-corrected chi connectivity index (χ0v) is 16.2. The van der Waals surface area contributed by atoms with Crippen LogP contribution < -0.4 is 0 Å². The lowest BCUT2D eigenvalue weighted by Gasteiger charge is -2.20. The number of hydrogen-bond donors (Lipinski definition) is 3. The van der Waals surface area contributed by atoms with Crippen molar-refractivity contribution in [1.82, 2.24) is 0 Å². The maximum Gasteiger partial charge on any atom is 0.364 e. The second kappa shape index (κ2) is 9.86. The molecule has 0 aromatic rings. The number of unbranched alkanes of at least 4 members (excludes halogenated alkanes) is 5. The third-order valence-electron chi connectivity index (χ3n) is 6.15. The molecule has 2 rings (SSSR count). The van der Waals surface area contributed by atoms with E-state index in [0.717, 1.165) is 12.8 Å². The standard InChI is InChI=1S/C21H36O5/c1-3-4-5-6-7-8-9-16-11-10-15(2)17(16)14-19-18(26-19)12-13-21(24,25)20(22)23/h16-19,24-25H,2-14H2,1H3,(H,22,23)/t16-,17-,18?,19+/m0/s1. The second-order valence-electron chi connectivity index (χ2n) is 8.23. The predicted octanol–water partition coefficient (Wildman–Crippen LogP) is 4.02. The molecular weight excluding hydrogens is 332 g/mol. The first-order valence-electron chi connectivity index (χ1n) is 10.4. The summed E-state index contributed by atoms with van der Waals surface area (Å²) in [5, 5.41) is 27.5. The molecule has 4 atom stereocenters. The average Bonchev–Trinajstić information content (AvgIpc) is 3.26. The molecule has 0 aromatic heterocycles. The summed E-state index contributed by atoms with van der Waals surface area (Å²) < 4.78 is 5.66. The second-order valence-corrected chi connectivity index (χ2v) is 8.23. The Morgan fingerprint density at radius 3 is 2.54 bits per heavy atom. The molecule has 1 heterocycles. The quantitative estimate of drug-likeness (QED) is 0.198. The molecule has 3 N–H and O–H groups in total. The van der Waals surface area contributed by atoms with Crippen LogP contribution in [0.4, 0.5) is 0 Å². The number of allylic oxidation sites excluding steroid dienone is 1. The molecule has 1 saturated carbocycles. The van der Waals surface area contributed by atoms with Gasteiger partial charge < -0.3 is 20.1 Å². The van der Waals surface area contributed by atoms with Crippen molar-refractivity contribution in [2.45, 2.75) is 102 Å². The summed E-state index contributed by atoms with van der Waals surface area (Å²) >= 11 is 0. The third kappa shape index (κ3) is 6.36. The Hall–Kier alpha value is -0.910. The fraction of sp³-hybridized carbons (Fsp3) is 0.857. The molecule has 0 spiro atoms. The van der Waals surface area contributed by atoms with Crippen molar-refractivity contribution in [3.05, 3.63) is 12.2 Å². The lowest BCUT2D eigenvalue weighted by Crippen LogP contribution is -2.38. The monoisotopic (exact) mass is 368 g/mol. The largest absolute Gasteiger partial charge is 0.477 e. The Balaban J connectivity index is 1.67. The molecule has 0 amide bonds. The van der Waals surface area contributed by atoms with E-state index < -0.39 is 11.8 Å². The number of aliphatic hydroxyl groups is 2. The Morgan fingerprint density at radius 1 is 1.15 bits per heavy atom. The normalized spacial score (nSPS) is 28.5. The molecule has 0 radical (unpaired) electrons. The topological polar surface area (TPSA) is 90.3 Å². The molecule has 2 aliphatic rings. The molecule has 26 heavy (non-hydrogen) atoms. The zero-order valence-electron chi connectivity index (χ0n) is 16.2. The van der Waals surface area contributed by atoms with Gasteiger partial charge in [0.25, 0.3) is 5.79 Å². The van der Waals surface area contributed by atoms with Crippen LogP contribution in [0.15, 0.2) is 12.2 Å². The van der Waals surface area contributed by atoms with Crippen LogP contribution >= 0.6 is 0 Å². The van der Waals surface area contributed by atoms with E-state index in [-0.39, 0.29) is 18.6 Å². The summed E-state index contributed by atoms with van der Waals surface area (Å²) in [4.78, 5) is 10.7. The van der Waals surface area contributed by atoms with Crippen molar-refractivity contribution >= 4 is 5.97 Å². The molecular formula is C21H36O5. The van der Waals surface area contributed by atoms with Gasteiger partial charge in [-0.15, -0.1) is 0 Å². The van der Waals surface area contributed by atoms with Gasteiger partial charge in [-0.25, -0.2) is 4.79 Å². The van der Waals surface area contributed by atoms with Crippen molar-refractivity contribution in [2.24, 2.45) is 11.8 Å². The SMILES string of the molecule is C=C1CC[C@H](CCCCCCCC)[C@H]1C[C@H]1OC1CCC(O)(O)C(=O)O. The summed E-state index contributed by atoms with van der Waals surface area (Å²) in [6.07, 6.45) is 12.7. The number of aliphatic carboxylic acids is 1. The smallest absolute Gasteiger partial charge is 0.364 e. The van der Waals surface area contributed by atoms with Crippen molar-refractivity contribution in [2.75, 3.05) is 0 Å². The van der Waals surface area contributed by atoms with Crippen LogP contribution in [0, 0.1) is 11.8 Å². The first-order valence-corrected chi connectivity index (χ1v) is 10.4. The molecule has 0 aromatic carbocycles. The van der Waals surface area contributed by atoms with Gasteiger partial charge in [-0.1, -0.05) is 57.6 Å².